The molecule has 1 aliphatic heterocycles. The molecule has 0 saturated carbocycles. The molecular weight excluding hydrogens is 198 g/mol. The highest BCUT2D eigenvalue weighted by Gasteiger charge is 2.25. The summed E-state index contributed by atoms with van der Waals surface area (Å²) in [5.41, 5.74) is 2.72. The standard InChI is InChI=1S/C14H21NO/c1-11-7-3-4-8-12(11)14(15-2)13-9-5-6-10-16-13/h3-4,7-8,13-15H,5-6,9-10H2,1-2H3. The third kappa shape index (κ3) is 2.45. The van der Waals surface area contributed by atoms with E-state index in [0.29, 0.717) is 12.1 Å². The van der Waals surface area contributed by atoms with Gasteiger partial charge in [-0.3, -0.25) is 0 Å². The molecule has 0 bridgehead atoms. The molecule has 2 heteroatoms. The third-order valence-electron chi connectivity index (χ3n) is 3.42. The van der Waals surface area contributed by atoms with Crippen molar-refractivity contribution in [2.45, 2.75) is 38.3 Å². The van der Waals surface area contributed by atoms with Gasteiger partial charge in [-0.25, -0.2) is 0 Å². The summed E-state index contributed by atoms with van der Waals surface area (Å²) in [5, 5.41) is 3.40. The highest BCUT2D eigenvalue weighted by molar-refractivity contribution is 5.29. The van der Waals surface area contributed by atoms with Crippen molar-refractivity contribution in [1.29, 1.82) is 0 Å². The Bertz CT molecular complexity index is 331. The minimum atomic E-state index is 0.333. The van der Waals surface area contributed by atoms with Crippen LogP contribution in [-0.4, -0.2) is 19.8 Å². The summed E-state index contributed by atoms with van der Waals surface area (Å²) >= 11 is 0. The lowest BCUT2D eigenvalue weighted by Crippen LogP contribution is -2.34. The Labute approximate surface area is 98.0 Å². The predicted molar refractivity (Wildman–Crippen MR) is 66.6 cm³/mol. The van der Waals surface area contributed by atoms with Gasteiger partial charge in [0.1, 0.15) is 0 Å². The zero-order valence-electron chi connectivity index (χ0n) is 10.2. The van der Waals surface area contributed by atoms with E-state index < -0.39 is 0 Å². The van der Waals surface area contributed by atoms with Crippen molar-refractivity contribution >= 4 is 0 Å². The van der Waals surface area contributed by atoms with Crippen LogP contribution in [0.4, 0.5) is 0 Å². The van der Waals surface area contributed by atoms with E-state index in [1.165, 1.54) is 30.4 Å². The van der Waals surface area contributed by atoms with Crippen molar-refractivity contribution in [3.05, 3.63) is 35.4 Å². The second-order valence-corrected chi connectivity index (χ2v) is 4.53. The second kappa shape index (κ2) is 5.46. The Hall–Kier alpha value is -0.860. The molecule has 0 aliphatic carbocycles. The van der Waals surface area contributed by atoms with Crippen LogP contribution >= 0.6 is 0 Å². The molecule has 2 unspecified atom stereocenters. The molecule has 1 aromatic rings. The Kier molecular flexibility index (Phi) is 3.97. The zero-order chi connectivity index (χ0) is 11.4. The Morgan fingerprint density at radius 2 is 2.12 bits per heavy atom. The number of hydrogen-bond acceptors (Lipinski definition) is 2. The first-order valence-electron chi connectivity index (χ1n) is 6.17. The normalized spacial score (nSPS) is 23.0. The average molecular weight is 219 g/mol. The SMILES string of the molecule is CNC(c1ccccc1C)C1CCCCO1. The first-order valence-corrected chi connectivity index (χ1v) is 6.17. The van der Waals surface area contributed by atoms with Crippen molar-refractivity contribution < 1.29 is 4.74 Å². The van der Waals surface area contributed by atoms with E-state index in [1.54, 1.807) is 0 Å². The minimum absolute atomic E-state index is 0.333. The van der Waals surface area contributed by atoms with Crippen LogP contribution in [0.3, 0.4) is 0 Å². The van der Waals surface area contributed by atoms with Crippen LogP contribution in [0.5, 0.6) is 0 Å². The van der Waals surface area contributed by atoms with Gasteiger partial charge in [-0.1, -0.05) is 24.3 Å². The van der Waals surface area contributed by atoms with Crippen molar-refractivity contribution in [3.63, 3.8) is 0 Å². The van der Waals surface area contributed by atoms with Crippen LogP contribution in [0.2, 0.25) is 0 Å². The van der Waals surface area contributed by atoms with Gasteiger partial charge in [-0.05, 0) is 44.4 Å². The predicted octanol–water partition coefficient (Wildman–Crippen LogP) is 2.82. The second-order valence-electron chi connectivity index (χ2n) is 4.53. The van der Waals surface area contributed by atoms with Crippen LogP contribution in [0, 0.1) is 6.92 Å². The molecule has 2 atom stereocenters. The molecule has 16 heavy (non-hydrogen) atoms. The number of ether oxygens (including phenoxy) is 1. The number of aryl methyl sites for hydroxylation is 1. The van der Waals surface area contributed by atoms with E-state index in [0.717, 1.165) is 6.61 Å². The summed E-state index contributed by atoms with van der Waals surface area (Å²) in [4.78, 5) is 0. The molecular formula is C14H21NO. The van der Waals surface area contributed by atoms with Gasteiger partial charge in [0.05, 0.1) is 12.1 Å². The molecule has 1 heterocycles. The largest absolute Gasteiger partial charge is 0.376 e. The lowest BCUT2D eigenvalue weighted by atomic mass is 9.93. The summed E-state index contributed by atoms with van der Waals surface area (Å²) in [5.74, 6) is 0. The van der Waals surface area contributed by atoms with E-state index in [9.17, 15) is 0 Å². The Morgan fingerprint density at radius 3 is 2.75 bits per heavy atom. The number of nitrogens with one attached hydrogen (secondary N) is 1. The molecule has 1 saturated heterocycles. The fourth-order valence-electron chi connectivity index (χ4n) is 2.51. The van der Waals surface area contributed by atoms with Crippen molar-refractivity contribution in [3.8, 4) is 0 Å². The molecule has 1 fully saturated rings. The molecule has 1 N–H and O–H groups in total. The lowest BCUT2D eigenvalue weighted by molar-refractivity contribution is -0.00674. The van der Waals surface area contributed by atoms with Gasteiger partial charge < -0.3 is 10.1 Å². The molecule has 2 nitrogen and oxygen atoms in total. The molecule has 2 rings (SSSR count). The summed E-state index contributed by atoms with van der Waals surface area (Å²) < 4.78 is 5.88. The highest BCUT2D eigenvalue weighted by Crippen LogP contribution is 2.27. The van der Waals surface area contributed by atoms with E-state index >= 15 is 0 Å². The minimum Gasteiger partial charge on any atom is -0.376 e. The van der Waals surface area contributed by atoms with E-state index in [-0.39, 0.29) is 0 Å². The van der Waals surface area contributed by atoms with Crippen LogP contribution in [-0.2, 0) is 4.74 Å². The average Bonchev–Trinajstić information content (AvgIpc) is 2.34. The third-order valence-corrected chi connectivity index (χ3v) is 3.42. The first-order chi connectivity index (χ1) is 7.83. The van der Waals surface area contributed by atoms with Gasteiger partial charge >= 0.3 is 0 Å². The van der Waals surface area contributed by atoms with Crippen LogP contribution < -0.4 is 5.32 Å². The number of rotatable bonds is 3. The smallest absolute Gasteiger partial charge is 0.0769 e. The lowest BCUT2D eigenvalue weighted by Gasteiger charge is -2.31. The monoisotopic (exact) mass is 219 g/mol. The number of likely N-dealkylation sites (N-methyl/N-ethyl adjacent to an activating group) is 1. The van der Waals surface area contributed by atoms with Gasteiger partial charge in [-0.15, -0.1) is 0 Å². The van der Waals surface area contributed by atoms with Crippen LogP contribution in [0.15, 0.2) is 24.3 Å². The van der Waals surface area contributed by atoms with Crippen LogP contribution in [0.1, 0.15) is 36.4 Å². The van der Waals surface area contributed by atoms with Crippen molar-refractivity contribution in [1.82, 2.24) is 5.32 Å². The number of benzene rings is 1. The van der Waals surface area contributed by atoms with Gasteiger partial charge in [0.2, 0.25) is 0 Å². The molecule has 0 amide bonds. The zero-order valence-corrected chi connectivity index (χ0v) is 10.2. The summed E-state index contributed by atoms with van der Waals surface area (Å²) in [6.07, 6.45) is 4.00. The maximum atomic E-state index is 5.88. The van der Waals surface area contributed by atoms with Crippen LogP contribution in [0.25, 0.3) is 0 Å². The molecule has 0 radical (unpaired) electrons. The van der Waals surface area contributed by atoms with E-state index in [1.807, 2.05) is 7.05 Å². The van der Waals surface area contributed by atoms with E-state index in [4.69, 9.17) is 4.74 Å². The fourth-order valence-corrected chi connectivity index (χ4v) is 2.51. The molecule has 0 spiro atoms. The molecule has 0 aromatic heterocycles. The Balaban J connectivity index is 2.18. The molecule has 88 valence electrons. The summed E-state index contributed by atoms with van der Waals surface area (Å²) in [6, 6.07) is 8.90. The maximum Gasteiger partial charge on any atom is 0.0769 e. The van der Waals surface area contributed by atoms with Crippen molar-refractivity contribution in [2.24, 2.45) is 0 Å². The molecule has 1 aliphatic rings. The summed E-state index contributed by atoms with van der Waals surface area (Å²) in [7, 11) is 2.02. The van der Waals surface area contributed by atoms with Crippen molar-refractivity contribution in [2.75, 3.05) is 13.7 Å². The van der Waals surface area contributed by atoms with Gasteiger partial charge in [0.15, 0.2) is 0 Å². The Morgan fingerprint density at radius 1 is 1.31 bits per heavy atom. The number of hydrogen-bond donors (Lipinski definition) is 1. The molecule has 1 aromatic carbocycles. The van der Waals surface area contributed by atoms with Gasteiger partial charge in [0.25, 0.3) is 0 Å². The van der Waals surface area contributed by atoms with E-state index in [2.05, 4.69) is 36.5 Å². The topological polar surface area (TPSA) is 21.3 Å². The fraction of sp³-hybridized carbons (Fsp3) is 0.571. The van der Waals surface area contributed by atoms with Gasteiger partial charge in [-0.2, -0.15) is 0 Å². The maximum absolute atomic E-state index is 5.88. The van der Waals surface area contributed by atoms with Gasteiger partial charge in [0, 0.05) is 6.61 Å². The summed E-state index contributed by atoms with van der Waals surface area (Å²) in [6.45, 7) is 3.08. The highest BCUT2D eigenvalue weighted by atomic mass is 16.5. The first kappa shape index (κ1) is 11.6. The quantitative estimate of drug-likeness (QED) is 0.844.